The van der Waals surface area contributed by atoms with E-state index in [0.717, 1.165) is 51.7 Å². The number of hydrogen-bond acceptors (Lipinski definition) is 3. The Morgan fingerprint density at radius 1 is 1.15 bits per heavy atom. The Kier molecular flexibility index (Phi) is 4.98. The molecule has 4 rings (SSSR count). The van der Waals surface area contributed by atoms with Crippen molar-refractivity contribution in [1.29, 1.82) is 0 Å². The lowest BCUT2D eigenvalue weighted by Gasteiger charge is -2.48. The molecule has 1 atom stereocenters. The van der Waals surface area contributed by atoms with E-state index in [1.54, 1.807) is 0 Å². The summed E-state index contributed by atoms with van der Waals surface area (Å²) in [7, 11) is 0. The van der Waals surface area contributed by atoms with Gasteiger partial charge in [-0.1, -0.05) is 30.3 Å². The van der Waals surface area contributed by atoms with Crippen molar-refractivity contribution in [3.63, 3.8) is 0 Å². The Morgan fingerprint density at radius 3 is 2.73 bits per heavy atom. The predicted molar refractivity (Wildman–Crippen MR) is 100 cm³/mol. The quantitative estimate of drug-likeness (QED) is 0.881. The number of nitrogens with one attached hydrogen (secondary N) is 1. The zero-order chi connectivity index (χ0) is 18.0. The van der Waals surface area contributed by atoms with Crippen molar-refractivity contribution in [3.05, 3.63) is 35.9 Å². The van der Waals surface area contributed by atoms with Gasteiger partial charge < -0.3 is 10.2 Å². The second-order valence-corrected chi connectivity index (χ2v) is 8.39. The topological polar surface area (TPSA) is 52.7 Å². The van der Waals surface area contributed by atoms with Gasteiger partial charge in [0, 0.05) is 37.5 Å². The van der Waals surface area contributed by atoms with E-state index < -0.39 is 0 Å². The van der Waals surface area contributed by atoms with Crippen LogP contribution in [-0.4, -0.2) is 53.8 Å². The molecule has 1 aromatic rings. The third-order valence-electron chi connectivity index (χ3n) is 6.01. The molecule has 3 aliphatic rings. The number of hydrogen-bond donors (Lipinski definition) is 1. The number of carbonyl (C=O) groups excluding carboxylic acids is 2. The highest BCUT2D eigenvalue weighted by Crippen LogP contribution is 2.39. The minimum absolute atomic E-state index is 0.154. The first kappa shape index (κ1) is 17.5. The van der Waals surface area contributed by atoms with Gasteiger partial charge in [-0.3, -0.25) is 14.5 Å². The number of piperidine rings is 2. The van der Waals surface area contributed by atoms with Crippen molar-refractivity contribution in [2.75, 3.05) is 26.2 Å². The van der Waals surface area contributed by atoms with E-state index in [9.17, 15) is 9.59 Å². The zero-order valence-electron chi connectivity index (χ0n) is 15.5. The molecule has 5 heteroatoms. The minimum Gasteiger partial charge on any atom is -0.352 e. The Bertz CT molecular complexity index is 658. The first-order valence-corrected chi connectivity index (χ1v) is 9.95. The standard InChI is InChI=1S/C21H29N3O2/c25-19(22-18-7-8-18)14-23-12-4-10-21(15-23)11-9-20(26)24(16-21)13-17-5-2-1-3-6-17/h1-3,5-6,18H,4,7-16H2,(H,22,25)/t21-/m0/s1. The molecule has 1 spiro atoms. The molecule has 2 amide bonds. The summed E-state index contributed by atoms with van der Waals surface area (Å²) in [5.41, 5.74) is 1.34. The molecule has 0 unspecified atom stereocenters. The molecule has 2 saturated heterocycles. The van der Waals surface area contributed by atoms with Crippen molar-refractivity contribution in [2.45, 2.75) is 51.1 Å². The molecule has 26 heavy (non-hydrogen) atoms. The lowest BCUT2D eigenvalue weighted by molar-refractivity contribution is -0.141. The van der Waals surface area contributed by atoms with E-state index in [2.05, 4.69) is 22.3 Å². The second-order valence-electron chi connectivity index (χ2n) is 8.39. The van der Waals surface area contributed by atoms with Crippen molar-refractivity contribution in [3.8, 4) is 0 Å². The van der Waals surface area contributed by atoms with Crippen LogP contribution in [0.5, 0.6) is 0 Å². The number of rotatable bonds is 5. The lowest BCUT2D eigenvalue weighted by Crippen LogP contribution is -2.55. The van der Waals surface area contributed by atoms with E-state index in [4.69, 9.17) is 0 Å². The normalized spacial score (nSPS) is 26.9. The summed E-state index contributed by atoms with van der Waals surface area (Å²) < 4.78 is 0. The number of amides is 2. The van der Waals surface area contributed by atoms with Gasteiger partial charge in [0.1, 0.15) is 0 Å². The Morgan fingerprint density at radius 2 is 1.96 bits per heavy atom. The molecule has 1 aromatic carbocycles. The summed E-state index contributed by atoms with van der Waals surface area (Å²) in [5.74, 6) is 0.431. The molecule has 1 saturated carbocycles. The summed E-state index contributed by atoms with van der Waals surface area (Å²) in [6.07, 6.45) is 6.13. The van der Waals surface area contributed by atoms with Gasteiger partial charge >= 0.3 is 0 Å². The maximum absolute atomic E-state index is 12.5. The van der Waals surface area contributed by atoms with E-state index >= 15 is 0 Å². The van der Waals surface area contributed by atoms with Crippen molar-refractivity contribution < 1.29 is 9.59 Å². The van der Waals surface area contributed by atoms with Crippen LogP contribution >= 0.6 is 0 Å². The van der Waals surface area contributed by atoms with Crippen LogP contribution in [0, 0.1) is 5.41 Å². The molecule has 0 radical (unpaired) electrons. The third kappa shape index (κ3) is 4.26. The molecular formula is C21H29N3O2. The van der Waals surface area contributed by atoms with Gasteiger partial charge in [-0.15, -0.1) is 0 Å². The fraction of sp³-hybridized carbons (Fsp3) is 0.619. The number of likely N-dealkylation sites (tertiary alicyclic amines) is 2. The fourth-order valence-corrected chi connectivity index (χ4v) is 4.53. The van der Waals surface area contributed by atoms with Gasteiger partial charge in [0.25, 0.3) is 0 Å². The molecule has 1 N–H and O–H groups in total. The minimum atomic E-state index is 0.154. The van der Waals surface area contributed by atoms with E-state index in [-0.39, 0.29) is 17.2 Å². The maximum Gasteiger partial charge on any atom is 0.234 e. The Hall–Kier alpha value is -1.88. The molecule has 140 valence electrons. The third-order valence-corrected chi connectivity index (χ3v) is 6.01. The van der Waals surface area contributed by atoms with Crippen LogP contribution in [0.3, 0.4) is 0 Å². The number of nitrogens with zero attached hydrogens (tertiary/aromatic N) is 2. The van der Waals surface area contributed by atoms with Crippen molar-refractivity contribution in [1.82, 2.24) is 15.1 Å². The SMILES string of the molecule is O=C(CN1CCC[C@]2(CCC(=O)N(Cc3ccccc3)C2)C1)NC1CC1. The molecule has 0 aromatic heterocycles. The molecule has 0 bridgehead atoms. The average molecular weight is 355 g/mol. The monoisotopic (exact) mass is 355 g/mol. The summed E-state index contributed by atoms with van der Waals surface area (Å²) in [6.45, 7) is 3.95. The van der Waals surface area contributed by atoms with Gasteiger partial charge in [-0.05, 0) is 44.2 Å². The van der Waals surface area contributed by atoms with Gasteiger partial charge in [0.2, 0.25) is 11.8 Å². The van der Waals surface area contributed by atoms with Crippen LogP contribution in [0.1, 0.15) is 44.1 Å². The lowest BCUT2D eigenvalue weighted by atomic mass is 9.73. The molecule has 1 aliphatic carbocycles. The summed E-state index contributed by atoms with van der Waals surface area (Å²) in [5, 5.41) is 3.10. The molecule has 3 fully saturated rings. The first-order chi connectivity index (χ1) is 12.6. The highest BCUT2D eigenvalue weighted by molar-refractivity contribution is 5.79. The summed E-state index contributed by atoms with van der Waals surface area (Å²) >= 11 is 0. The highest BCUT2D eigenvalue weighted by Gasteiger charge is 2.42. The highest BCUT2D eigenvalue weighted by atomic mass is 16.2. The molecule has 2 heterocycles. The van der Waals surface area contributed by atoms with Gasteiger partial charge in [0.15, 0.2) is 0 Å². The fourth-order valence-electron chi connectivity index (χ4n) is 4.53. The van der Waals surface area contributed by atoms with Gasteiger partial charge in [0.05, 0.1) is 6.54 Å². The Labute approximate surface area is 155 Å². The van der Waals surface area contributed by atoms with Crippen molar-refractivity contribution in [2.24, 2.45) is 5.41 Å². The maximum atomic E-state index is 12.5. The first-order valence-electron chi connectivity index (χ1n) is 9.95. The number of benzene rings is 1. The van der Waals surface area contributed by atoms with Crippen LogP contribution in [0.15, 0.2) is 30.3 Å². The Balaban J connectivity index is 1.38. The van der Waals surface area contributed by atoms with E-state index in [1.165, 1.54) is 5.56 Å². The zero-order valence-corrected chi connectivity index (χ0v) is 15.5. The average Bonchev–Trinajstić information content (AvgIpc) is 3.43. The number of carbonyl (C=O) groups is 2. The van der Waals surface area contributed by atoms with E-state index in [0.29, 0.717) is 25.6 Å². The van der Waals surface area contributed by atoms with Crippen LogP contribution < -0.4 is 5.32 Å². The smallest absolute Gasteiger partial charge is 0.234 e. The summed E-state index contributed by atoms with van der Waals surface area (Å²) in [6, 6.07) is 10.7. The van der Waals surface area contributed by atoms with Crippen LogP contribution in [0.25, 0.3) is 0 Å². The molecule has 5 nitrogen and oxygen atoms in total. The molecule has 2 aliphatic heterocycles. The van der Waals surface area contributed by atoms with Crippen LogP contribution in [-0.2, 0) is 16.1 Å². The largest absolute Gasteiger partial charge is 0.352 e. The second kappa shape index (κ2) is 7.39. The summed E-state index contributed by atoms with van der Waals surface area (Å²) in [4.78, 5) is 29.0. The predicted octanol–water partition coefficient (Wildman–Crippen LogP) is 2.17. The van der Waals surface area contributed by atoms with Crippen molar-refractivity contribution >= 4 is 11.8 Å². The van der Waals surface area contributed by atoms with Gasteiger partial charge in [-0.25, -0.2) is 0 Å². The van der Waals surface area contributed by atoms with Crippen LogP contribution in [0.2, 0.25) is 0 Å². The van der Waals surface area contributed by atoms with Crippen LogP contribution in [0.4, 0.5) is 0 Å². The van der Waals surface area contributed by atoms with Gasteiger partial charge in [-0.2, -0.15) is 0 Å². The van der Waals surface area contributed by atoms with E-state index in [1.807, 2.05) is 23.1 Å². The molecular weight excluding hydrogens is 326 g/mol.